The van der Waals surface area contributed by atoms with Crippen molar-refractivity contribution < 1.29 is 9.47 Å². The van der Waals surface area contributed by atoms with Crippen molar-refractivity contribution in [3.05, 3.63) is 58.6 Å². The maximum absolute atomic E-state index is 6.32. The van der Waals surface area contributed by atoms with Crippen molar-refractivity contribution in [3.8, 4) is 28.3 Å². The quantitative estimate of drug-likeness (QED) is 0.627. The maximum atomic E-state index is 6.32. The van der Waals surface area contributed by atoms with Gasteiger partial charge < -0.3 is 9.47 Å². The molecule has 2 aromatic carbocycles. The number of nitrogens with one attached hydrogen (secondary N) is 1. The number of halogens is 2. The highest BCUT2D eigenvalue weighted by Gasteiger charge is 2.11. The van der Waals surface area contributed by atoms with Gasteiger partial charge in [0.1, 0.15) is 6.61 Å². The molecule has 0 atom stereocenters. The Morgan fingerprint density at radius 1 is 1.04 bits per heavy atom. The Morgan fingerprint density at radius 3 is 2.57 bits per heavy atom. The van der Waals surface area contributed by atoms with Crippen LogP contribution in [0.5, 0.6) is 5.88 Å². The molecule has 5 nitrogen and oxygen atoms in total. The lowest BCUT2D eigenvalue weighted by Crippen LogP contribution is -2.38. The van der Waals surface area contributed by atoms with Gasteiger partial charge in [-0.05, 0) is 17.2 Å². The largest absolute Gasteiger partial charge is 0.475 e. The first-order valence-electron chi connectivity index (χ1n) is 9.24. The first kappa shape index (κ1) is 19.3. The summed E-state index contributed by atoms with van der Waals surface area (Å²) < 4.78 is 11.1. The zero-order valence-electron chi connectivity index (χ0n) is 15.3. The highest BCUT2D eigenvalue weighted by atomic mass is 35.5. The Hall–Kier alpha value is -2.05. The number of aromatic nitrogens is 2. The molecule has 0 aliphatic carbocycles. The van der Waals surface area contributed by atoms with E-state index in [2.05, 4.69) is 15.1 Å². The lowest BCUT2D eigenvalue weighted by molar-refractivity contribution is 0.0320. The molecule has 4 rings (SSSR count). The molecule has 0 spiro atoms. The summed E-state index contributed by atoms with van der Waals surface area (Å²) in [5.74, 6) is 0.602. The van der Waals surface area contributed by atoms with E-state index in [-0.39, 0.29) is 0 Å². The van der Waals surface area contributed by atoms with E-state index in [1.807, 2.05) is 42.5 Å². The number of hydrogen-bond acceptors (Lipinski definition) is 4. The zero-order chi connectivity index (χ0) is 19.3. The predicted octanol–water partition coefficient (Wildman–Crippen LogP) is 4.76. The molecule has 0 saturated carbocycles. The first-order chi connectivity index (χ1) is 13.7. The van der Waals surface area contributed by atoms with Gasteiger partial charge in [0.2, 0.25) is 5.88 Å². The van der Waals surface area contributed by atoms with Crippen LogP contribution in [0.1, 0.15) is 0 Å². The molecule has 0 amide bonds. The number of H-pyrrole nitrogens is 1. The summed E-state index contributed by atoms with van der Waals surface area (Å²) in [6, 6.07) is 15.6. The number of benzene rings is 2. The van der Waals surface area contributed by atoms with Crippen LogP contribution in [0.2, 0.25) is 10.0 Å². The van der Waals surface area contributed by atoms with Gasteiger partial charge in [0.15, 0.2) is 0 Å². The Labute approximate surface area is 174 Å². The van der Waals surface area contributed by atoms with E-state index >= 15 is 0 Å². The van der Waals surface area contributed by atoms with Crippen molar-refractivity contribution in [2.45, 2.75) is 0 Å². The molecule has 1 fully saturated rings. The molecule has 1 aliphatic heterocycles. The number of hydrogen-bond donors (Lipinski definition) is 1. The van der Waals surface area contributed by atoms with E-state index in [0.29, 0.717) is 22.5 Å². The van der Waals surface area contributed by atoms with Gasteiger partial charge in [0, 0.05) is 31.3 Å². The lowest BCUT2D eigenvalue weighted by atomic mass is 10.0. The van der Waals surface area contributed by atoms with Crippen LogP contribution in [0.4, 0.5) is 0 Å². The van der Waals surface area contributed by atoms with Gasteiger partial charge >= 0.3 is 0 Å². The molecular formula is C21H21Cl2N3O2. The predicted molar refractivity (Wildman–Crippen MR) is 112 cm³/mol. The Bertz CT molecular complexity index is 922. The third-order valence-electron chi connectivity index (χ3n) is 4.77. The summed E-state index contributed by atoms with van der Waals surface area (Å²) in [6.45, 7) is 4.99. The van der Waals surface area contributed by atoms with Gasteiger partial charge in [-0.3, -0.25) is 10.00 Å². The van der Waals surface area contributed by atoms with E-state index in [9.17, 15) is 0 Å². The second kappa shape index (κ2) is 8.97. The number of aromatic amines is 1. The summed E-state index contributed by atoms with van der Waals surface area (Å²) in [6.07, 6.45) is 0. The Kier molecular flexibility index (Phi) is 6.17. The molecule has 0 radical (unpaired) electrons. The van der Waals surface area contributed by atoms with Crippen LogP contribution in [0.3, 0.4) is 0 Å². The molecule has 2 heterocycles. The van der Waals surface area contributed by atoms with Crippen LogP contribution in [-0.2, 0) is 4.74 Å². The van der Waals surface area contributed by atoms with Crippen LogP contribution in [0, 0.1) is 0 Å². The molecule has 3 aromatic rings. The molecule has 1 saturated heterocycles. The minimum absolute atomic E-state index is 0.552. The van der Waals surface area contributed by atoms with E-state index in [4.69, 9.17) is 32.7 Å². The molecule has 1 N–H and O–H groups in total. The molecular weight excluding hydrogens is 397 g/mol. The maximum Gasteiger partial charge on any atom is 0.233 e. The van der Waals surface area contributed by atoms with E-state index in [1.54, 1.807) is 6.07 Å². The highest BCUT2D eigenvalue weighted by Crippen LogP contribution is 2.34. The average molecular weight is 418 g/mol. The number of nitrogens with zero attached hydrogens (tertiary/aromatic N) is 2. The molecule has 146 valence electrons. The van der Waals surface area contributed by atoms with Gasteiger partial charge in [0.25, 0.3) is 0 Å². The first-order valence-corrected chi connectivity index (χ1v) is 9.99. The summed E-state index contributed by atoms with van der Waals surface area (Å²) in [5.41, 5.74) is 3.86. The van der Waals surface area contributed by atoms with Gasteiger partial charge in [0.05, 0.1) is 29.0 Å². The summed E-state index contributed by atoms with van der Waals surface area (Å²) in [7, 11) is 0. The smallest absolute Gasteiger partial charge is 0.233 e. The topological polar surface area (TPSA) is 50.4 Å². The van der Waals surface area contributed by atoms with Crippen molar-refractivity contribution in [2.75, 3.05) is 39.5 Å². The molecule has 0 unspecified atom stereocenters. The summed E-state index contributed by atoms with van der Waals surface area (Å²) in [5, 5.41) is 8.40. The van der Waals surface area contributed by atoms with Crippen molar-refractivity contribution in [3.63, 3.8) is 0 Å². The normalized spacial score (nSPS) is 14.9. The van der Waals surface area contributed by atoms with E-state index in [0.717, 1.165) is 55.2 Å². The second-order valence-electron chi connectivity index (χ2n) is 6.60. The standard InChI is InChI=1S/C21H21Cl2N3O2/c22-18-3-1-2-17(21(18)23)15-4-6-16(7-5-15)19-14-20(25-24-19)28-13-10-26-8-11-27-12-9-26/h1-7,14H,8-13H2,(H,24,25). The number of ether oxygens (including phenoxy) is 2. The van der Waals surface area contributed by atoms with Crippen LogP contribution >= 0.6 is 23.2 Å². The summed E-state index contributed by atoms with van der Waals surface area (Å²) in [4.78, 5) is 2.33. The zero-order valence-corrected chi connectivity index (χ0v) is 16.8. The highest BCUT2D eigenvalue weighted by molar-refractivity contribution is 6.43. The molecule has 1 aliphatic rings. The third kappa shape index (κ3) is 4.50. The van der Waals surface area contributed by atoms with Gasteiger partial charge in [-0.1, -0.05) is 59.6 Å². The van der Waals surface area contributed by atoms with Crippen LogP contribution in [0.25, 0.3) is 22.4 Å². The van der Waals surface area contributed by atoms with Gasteiger partial charge in [-0.2, -0.15) is 0 Å². The van der Waals surface area contributed by atoms with Crippen molar-refractivity contribution >= 4 is 23.2 Å². The number of morpholine rings is 1. The fourth-order valence-electron chi connectivity index (χ4n) is 3.19. The average Bonchev–Trinajstić information content (AvgIpc) is 3.20. The van der Waals surface area contributed by atoms with Crippen LogP contribution in [0.15, 0.2) is 48.5 Å². The molecule has 0 bridgehead atoms. The summed E-state index contributed by atoms with van der Waals surface area (Å²) >= 11 is 12.4. The van der Waals surface area contributed by atoms with E-state index < -0.39 is 0 Å². The molecule has 7 heteroatoms. The SMILES string of the molecule is Clc1cccc(-c2ccc(-c3cc(OCCN4CCOCC4)n[nH]3)cc2)c1Cl. The fraction of sp³-hybridized carbons (Fsp3) is 0.286. The number of rotatable bonds is 6. The van der Waals surface area contributed by atoms with Gasteiger partial charge in [-0.15, -0.1) is 5.10 Å². The fourth-order valence-corrected chi connectivity index (χ4v) is 3.59. The van der Waals surface area contributed by atoms with E-state index in [1.165, 1.54) is 0 Å². The molecule has 1 aromatic heterocycles. The van der Waals surface area contributed by atoms with Crippen LogP contribution in [-0.4, -0.2) is 54.6 Å². The second-order valence-corrected chi connectivity index (χ2v) is 7.39. The van der Waals surface area contributed by atoms with Crippen molar-refractivity contribution in [1.82, 2.24) is 15.1 Å². The van der Waals surface area contributed by atoms with Crippen molar-refractivity contribution in [1.29, 1.82) is 0 Å². The van der Waals surface area contributed by atoms with Gasteiger partial charge in [-0.25, -0.2) is 0 Å². The minimum Gasteiger partial charge on any atom is -0.475 e. The molecule has 28 heavy (non-hydrogen) atoms. The Balaban J connectivity index is 1.39. The lowest BCUT2D eigenvalue weighted by Gasteiger charge is -2.26. The third-order valence-corrected chi connectivity index (χ3v) is 5.59. The Morgan fingerprint density at radius 2 is 1.79 bits per heavy atom. The van der Waals surface area contributed by atoms with Crippen molar-refractivity contribution in [2.24, 2.45) is 0 Å². The van der Waals surface area contributed by atoms with Crippen LogP contribution < -0.4 is 4.74 Å². The monoisotopic (exact) mass is 417 g/mol. The minimum atomic E-state index is 0.552.